The van der Waals surface area contributed by atoms with Crippen LogP contribution < -0.4 is 15.4 Å². The van der Waals surface area contributed by atoms with Gasteiger partial charge >= 0.3 is 5.97 Å². The molecule has 0 aromatic heterocycles. The van der Waals surface area contributed by atoms with E-state index in [1.54, 1.807) is 7.11 Å². The minimum absolute atomic E-state index is 0.118. The molecular formula is C34H49N3O4S. The molecule has 0 aliphatic carbocycles. The minimum Gasteiger partial charge on any atom is -0.497 e. The monoisotopic (exact) mass is 595 g/mol. The first kappa shape index (κ1) is 32.2. The molecule has 0 amide bonds. The summed E-state index contributed by atoms with van der Waals surface area (Å²) < 4.78 is 17.6. The van der Waals surface area contributed by atoms with E-state index < -0.39 is 29.3 Å². The van der Waals surface area contributed by atoms with Crippen LogP contribution in [0.4, 0.5) is 0 Å². The van der Waals surface area contributed by atoms with E-state index in [4.69, 9.17) is 26.4 Å². The minimum atomic E-state index is -0.787. The third-order valence-electron chi connectivity index (χ3n) is 8.24. The van der Waals surface area contributed by atoms with Crippen molar-refractivity contribution in [1.82, 2.24) is 15.5 Å². The number of esters is 1. The number of benzene rings is 2. The fourth-order valence-corrected chi connectivity index (χ4v) is 6.72. The average molecular weight is 596 g/mol. The number of nitrogens with one attached hydrogen (secondary N) is 2. The molecule has 0 radical (unpaired) electrons. The molecule has 3 aliphatic rings. The summed E-state index contributed by atoms with van der Waals surface area (Å²) in [7, 11) is 1.69. The number of methoxy groups -OCH3 is 1. The van der Waals surface area contributed by atoms with E-state index in [9.17, 15) is 4.79 Å². The number of carbonyl (C=O) groups excluding carboxylic acids is 1. The summed E-state index contributed by atoms with van der Waals surface area (Å²) in [5, 5.41) is 9.61. The molecule has 230 valence electrons. The lowest BCUT2D eigenvalue weighted by Gasteiger charge is -2.52. The highest BCUT2D eigenvalue weighted by molar-refractivity contribution is 7.80. The van der Waals surface area contributed by atoms with Crippen LogP contribution in [0.25, 0.3) is 10.8 Å². The van der Waals surface area contributed by atoms with Gasteiger partial charge in [-0.15, -0.1) is 6.58 Å². The molecule has 8 heteroatoms. The highest BCUT2D eigenvalue weighted by atomic mass is 32.1. The van der Waals surface area contributed by atoms with Crippen molar-refractivity contribution in [3.8, 4) is 5.75 Å². The summed E-state index contributed by atoms with van der Waals surface area (Å²) >= 11 is 5.96. The van der Waals surface area contributed by atoms with Crippen LogP contribution >= 0.6 is 12.2 Å². The van der Waals surface area contributed by atoms with Gasteiger partial charge in [0.15, 0.2) is 11.2 Å². The second kappa shape index (κ2) is 12.9. The average Bonchev–Trinajstić information content (AvgIpc) is 2.92. The van der Waals surface area contributed by atoms with E-state index in [0.29, 0.717) is 16.9 Å². The maximum Gasteiger partial charge on any atom is 0.331 e. The van der Waals surface area contributed by atoms with E-state index in [0.717, 1.165) is 41.6 Å². The molecule has 42 heavy (non-hydrogen) atoms. The highest BCUT2D eigenvalue weighted by Gasteiger charge is 2.43. The molecule has 2 aromatic rings. The summed E-state index contributed by atoms with van der Waals surface area (Å²) in [5.41, 5.74) is 0.0575. The second-order valence-corrected chi connectivity index (χ2v) is 14.1. The summed E-state index contributed by atoms with van der Waals surface area (Å²) in [5.74, 6) is 1.50. The number of fused-ring (bicyclic) bond motifs is 4. The first-order valence-electron chi connectivity index (χ1n) is 15.1. The van der Waals surface area contributed by atoms with Gasteiger partial charge in [0.1, 0.15) is 11.4 Å². The van der Waals surface area contributed by atoms with Crippen LogP contribution in [0, 0.1) is 11.8 Å². The standard InChI is InChI=1S/C34H49N3O4S/c1-10-22-20-37-17-16-24(22)18-28(37)30(26-13-11-12-23-14-15-25(39-9)19-27(23)26)36-32(42)35-29(21(2)40-33(3,4)5)31(38)41-34(6,7)8/h10-15,19,21-22,24,28-30H,1,16-18,20H2,2-9H3,(H2,35,36,42)/t21-,22+,24?,28-,29-,30-/m0/s1. The summed E-state index contributed by atoms with van der Waals surface area (Å²) in [6, 6.07) is 11.9. The van der Waals surface area contributed by atoms with Gasteiger partial charge in [-0.2, -0.15) is 0 Å². The third-order valence-corrected chi connectivity index (χ3v) is 8.48. The van der Waals surface area contributed by atoms with Gasteiger partial charge < -0.3 is 24.8 Å². The Hall–Kier alpha value is -2.68. The number of hydrogen-bond donors (Lipinski definition) is 2. The largest absolute Gasteiger partial charge is 0.497 e. The number of hydrogen-bond acceptors (Lipinski definition) is 6. The molecule has 2 N–H and O–H groups in total. The van der Waals surface area contributed by atoms with Crippen LogP contribution in [0.1, 0.15) is 72.9 Å². The van der Waals surface area contributed by atoms with Crippen molar-refractivity contribution in [2.45, 2.75) is 96.7 Å². The zero-order chi connectivity index (χ0) is 30.8. The lowest BCUT2D eigenvalue weighted by Crippen LogP contribution is -2.60. The fourth-order valence-electron chi connectivity index (χ4n) is 6.46. The molecule has 0 spiro atoms. The van der Waals surface area contributed by atoms with Gasteiger partial charge in [-0.05, 0) is 120 Å². The number of piperidine rings is 3. The third kappa shape index (κ3) is 7.82. The van der Waals surface area contributed by atoms with Gasteiger partial charge in [0, 0.05) is 12.6 Å². The van der Waals surface area contributed by atoms with Gasteiger partial charge in [-0.1, -0.05) is 30.3 Å². The molecule has 7 nitrogen and oxygen atoms in total. The molecule has 7 atom stereocenters. The van der Waals surface area contributed by atoms with Crippen molar-refractivity contribution in [3.05, 3.63) is 54.6 Å². The number of thiocarbonyl (C=S) groups is 1. The zero-order valence-corrected chi connectivity index (χ0v) is 27.3. The molecule has 2 aromatic carbocycles. The van der Waals surface area contributed by atoms with Crippen molar-refractivity contribution in [2.24, 2.45) is 11.8 Å². The molecule has 2 unspecified atom stereocenters. The van der Waals surface area contributed by atoms with Crippen molar-refractivity contribution in [3.63, 3.8) is 0 Å². The molecule has 5 rings (SSSR count). The molecule has 3 fully saturated rings. The fraction of sp³-hybridized carbons (Fsp3) is 0.588. The topological polar surface area (TPSA) is 72.1 Å². The quantitative estimate of drug-likeness (QED) is 0.203. The Morgan fingerprint density at radius 2 is 1.86 bits per heavy atom. The van der Waals surface area contributed by atoms with Gasteiger partial charge in [-0.3, -0.25) is 4.90 Å². The Labute approximate surface area is 257 Å². The van der Waals surface area contributed by atoms with Gasteiger partial charge in [0.2, 0.25) is 0 Å². The van der Waals surface area contributed by atoms with Crippen LogP contribution in [0.5, 0.6) is 5.75 Å². The number of rotatable bonds is 9. The van der Waals surface area contributed by atoms with Crippen LogP contribution in [-0.2, 0) is 14.3 Å². The van der Waals surface area contributed by atoms with Crippen LogP contribution in [0.15, 0.2) is 49.1 Å². The predicted molar refractivity (Wildman–Crippen MR) is 174 cm³/mol. The van der Waals surface area contributed by atoms with Gasteiger partial charge in [0.25, 0.3) is 0 Å². The lowest BCUT2D eigenvalue weighted by molar-refractivity contribution is -0.163. The zero-order valence-electron chi connectivity index (χ0n) is 26.5. The van der Waals surface area contributed by atoms with E-state index in [-0.39, 0.29) is 12.1 Å². The normalized spacial score (nSPS) is 24.4. The highest BCUT2D eigenvalue weighted by Crippen LogP contribution is 2.42. The van der Waals surface area contributed by atoms with Crippen molar-refractivity contribution in [2.75, 3.05) is 20.2 Å². The Morgan fingerprint density at radius 3 is 2.45 bits per heavy atom. The van der Waals surface area contributed by atoms with E-state index in [1.165, 1.54) is 6.42 Å². The van der Waals surface area contributed by atoms with Crippen LogP contribution in [0.3, 0.4) is 0 Å². The molecule has 3 heterocycles. The van der Waals surface area contributed by atoms with E-state index >= 15 is 0 Å². The SMILES string of the molecule is C=C[C@@H]1CN2CCC1C[C@H]2[C@@H](NC(=S)N[C@H](C(=O)OC(C)(C)C)[C@H](C)OC(C)(C)C)c1cccc2ccc(OC)cc12. The Morgan fingerprint density at radius 1 is 1.12 bits per heavy atom. The second-order valence-electron chi connectivity index (χ2n) is 13.7. The maximum absolute atomic E-state index is 13.4. The number of ether oxygens (including phenoxy) is 3. The predicted octanol–water partition coefficient (Wildman–Crippen LogP) is 6.16. The summed E-state index contributed by atoms with van der Waals surface area (Å²) in [6.45, 7) is 19.5. The Balaban J connectivity index is 1.68. The summed E-state index contributed by atoms with van der Waals surface area (Å²) in [4.78, 5) is 16.0. The Bertz CT molecular complexity index is 1280. The number of nitrogens with zero attached hydrogens (tertiary/aromatic N) is 1. The molecule has 0 saturated carbocycles. The first-order chi connectivity index (χ1) is 19.7. The lowest BCUT2D eigenvalue weighted by atomic mass is 9.73. The van der Waals surface area contributed by atoms with Gasteiger partial charge in [0.05, 0.1) is 24.9 Å². The van der Waals surface area contributed by atoms with Gasteiger partial charge in [-0.25, -0.2) is 4.79 Å². The van der Waals surface area contributed by atoms with E-state index in [1.807, 2.05) is 54.5 Å². The molecule has 2 bridgehead atoms. The Kier molecular flexibility index (Phi) is 9.90. The summed E-state index contributed by atoms with van der Waals surface area (Å²) in [6.07, 6.45) is 3.85. The molecule has 3 saturated heterocycles. The number of carbonyl (C=O) groups is 1. The van der Waals surface area contributed by atoms with Crippen molar-refractivity contribution < 1.29 is 19.0 Å². The maximum atomic E-state index is 13.4. The first-order valence-corrected chi connectivity index (χ1v) is 15.5. The molecular weight excluding hydrogens is 546 g/mol. The van der Waals surface area contributed by atoms with Crippen molar-refractivity contribution in [1.29, 1.82) is 0 Å². The molecule has 3 aliphatic heterocycles. The van der Waals surface area contributed by atoms with Crippen LogP contribution in [-0.4, -0.2) is 65.6 Å². The van der Waals surface area contributed by atoms with Crippen LogP contribution in [0.2, 0.25) is 0 Å². The smallest absolute Gasteiger partial charge is 0.331 e. The van der Waals surface area contributed by atoms with Crippen molar-refractivity contribution >= 4 is 34.1 Å². The van der Waals surface area contributed by atoms with E-state index in [2.05, 4.69) is 58.5 Å².